The molecular formula is C16H20O4S. The van der Waals surface area contributed by atoms with Crippen LogP contribution in [-0.4, -0.2) is 25.2 Å². The molecule has 0 saturated heterocycles. The van der Waals surface area contributed by atoms with E-state index < -0.39 is 15.8 Å². The zero-order chi connectivity index (χ0) is 15.2. The third-order valence-corrected chi connectivity index (χ3v) is 6.96. The quantitative estimate of drug-likeness (QED) is 0.928. The Morgan fingerprint density at radius 3 is 2.62 bits per heavy atom. The monoisotopic (exact) mass is 308 g/mol. The van der Waals surface area contributed by atoms with E-state index in [1.807, 2.05) is 0 Å². The Bertz CT molecular complexity index is 678. The molecule has 3 unspecified atom stereocenters. The Labute approximate surface area is 125 Å². The van der Waals surface area contributed by atoms with Crippen LogP contribution in [-0.2, 0) is 9.84 Å². The maximum absolute atomic E-state index is 12.6. The number of rotatable bonds is 4. The smallest absolute Gasteiger partial charge is 0.335 e. The maximum Gasteiger partial charge on any atom is 0.335 e. The Balaban J connectivity index is 1.85. The lowest BCUT2D eigenvalue weighted by Crippen LogP contribution is -2.21. The van der Waals surface area contributed by atoms with E-state index in [1.54, 1.807) is 13.0 Å². The normalized spacial score (nSPS) is 28.0. The SMILES string of the molecule is Cc1ccc(S(=O)(=O)CC2CC3CCC2C3)cc1C(=O)O. The molecule has 114 valence electrons. The van der Waals surface area contributed by atoms with Gasteiger partial charge in [-0.05, 0) is 61.6 Å². The highest BCUT2D eigenvalue weighted by molar-refractivity contribution is 7.91. The molecule has 0 spiro atoms. The van der Waals surface area contributed by atoms with E-state index >= 15 is 0 Å². The van der Waals surface area contributed by atoms with Gasteiger partial charge in [-0.15, -0.1) is 0 Å². The molecular weight excluding hydrogens is 288 g/mol. The standard InChI is InChI=1S/C16H20O4S/c1-10-2-5-14(8-15(10)16(17)18)21(19,20)9-13-7-11-3-4-12(13)6-11/h2,5,8,11-13H,3-4,6-7,9H2,1H3,(H,17,18). The number of sulfone groups is 1. The molecule has 3 rings (SSSR count). The maximum atomic E-state index is 12.6. The number of aryl methyl sites for hydroxylation is 1. The van der Waals surface area contributed by atoms with Gasteiger partial charge in [0, 0.05) is 0 Å². The third-order valence-electron chi connectivity index (χ3n) is 5.12. The molecule has 4 nitrogen and oxygen atoms in total. The molecule has 2 aliphatic rings. The van der Waals surface area contributed by atoms with Crippen LogP contribution < -0.4 is 0 Å². The van der Waals surface area contributed by atoms with Gasteiger partial charge in [0.25, 0.3) is 0 Å². The Morgan fingerprint density at radius 2 is 2.05 bits per heavy atom. The Hall–Kier alpha value is -1.36. The van der Waals surface area contributed by atoms with Crippen LogP contribution in [0.3, 0.4) is 0 Å². The highest BCUT2D eigenvalue weighted by Crippen LogP contribution is 2.49. The summed E-state index contributed by atoms with van der Waals surface area (Å²) in [4.78, 5) is 11.3. The largest absolute Gasteiger partial charge is 0.478 e. The van der Waals surface area contributed by atoms with Gasteiger partial charge in [0.1, 0.15) is 0 Å². The minimum Gasteiger partial charge on any atom is -0.478 e. The summed E-state index contributed by atoms with van der Waals surface area (Å²) in [6.45, 7) is 1.68. The number of benzene rings is 1. The van der Waals surface area contributed by atoms with E-state index in [9.17, 15) is 13.2 Å². The molecule has 2 aliphatic carbocycles. The Kier molecular flexibility index (Phi) is 3.56. The number of fused-ring (bicyclic) bond motifs is 2. The average molecular weight is 308 g/mol. The number of carboxylic acids is 1. The van der Waals surface area contributed by atoms with Gasteiger partial charge in [-0.25, -0.2) is 13.2 Å². The van der Waals surface area contributed by atoms with E-state index in [-0.39, 0.29) is 22.1 Å². The van der Waals surface area contributed by atoms with Crippen LogP contribution >= 0.6 is 0 Å². The average Bonchev–Trinajstić information content (AvgIpc) is 3.00. The van der Waals surface area contributed by atoms with Crippen molar-refractivity contribution in [3.05, 3.63) is 29.3 Å². The second-order valence-electron chi connectivity index (χ2n) is 6.50. The molecule has 0 amide bonds. The van der Waals surface area contributed by atoms with Gasteiger partial charge in [-0.2, -0.15) is 0 Å². The zero-order valence-electron chi connectivity index (χ0n) is 12.1. The van der Waals surface area contributed by atoms with Crippen LogP contribution in [0.25, 0.3) is 0 Å². The second-order valence-corrected chi connectivity index (χ2v) is 8.53. The summed E-state index contributed by atoms with van der Waals surface area (Å²) in [5.41, 5.74) is 0.658. The third kappa shape index (κ3) is 2.71. The first-order chi connectivity index (χ1) is 9.87. The van der Waals surface area contributed by atoms with E-state index in [2.05, 4.69) is 0 Å². The predicted octanol–water partition coefficient (Wildman–Crippen LogP) is 2.90. The van der Waals surface area contributed by atoms with Gasteiger partial charge in [0.05, 0.1) is 16.2 Å². The van der Waals surface area contributed by atoms with E-state index in [0.717, 1.165) is 12.8 Å². The molecule has 0 heterocycles. The van der Waals surface area contributed by atoms with Gasteiger partial charge in [0.2, 0.25) is 0 Å². The fraction of sp³-hybridized carbons (Fsp3) is 0.562. The van der Waals surface area contributed by atoms with Crippen LogP contribution in [0.2, 0.25) is 0 Å². The van der Waals surface area contributed by atoms with Crippen LogP contribution in [0.5, 0.6) is 0 Å². The molecule has 2 fully saturated rings. The second kappa shape index (κ2) is 5.13. The lowest BCUT2D eigenvalue weighted by molar-refractivity contribution is 0.0696. The molecule has 1 aromatic rings. The lowest BCUT2D eigenvalue weighted by Gasteiger charge is -2.21. The first-order valence-corrected chi connectivity index (χ1v) is 9.09. The molecule has 5 heteroatoms. The molecule has 2 bridgehead atoms. The highest BCUT2D eigenvalue weighted by atomic mass is 32.2. The van der Waals surface area contributed by atoms with Crippen molar-refractivity contribution in [2.75, 3.05) is 5.75 Å². The van der Waals surface area contributed by atoms with Crippen molar-refractivity contribution in [1.29, 1.82) is 0 Å². The van der Waals surface area contributed by atoms with Crippen molar-refractivity contribution in [3.63, 3.8) is 0 Å². The molecule has 2 saturated carbocycles. The summed E-state index contributed by atoms with van der Waals surface area (Å²) >= 11 is 0. The first kappa shape index (κ1) is 14.6. The fourth-order valence-corrected chi connectivity index (χ4v) is 5.72. The molecule has 0 radical (unpaired) electrons. The number of carbonyl (C=O) groups is 1. The minimum atomic E-state index is -3.40. The summed E-state index contributed by atoms with van der Waals surface area (Å²) in [6, 6.07) is 4.42. The zero-order valence-corrected chi connectivity index (χ0v) is 12.9. The van der Waals surface area contributed by atoms with E-state index in [1.165, 1.54) is 25.0 Å². The van der Waals surface area contributed by atoms with Crippen LogP contribution in [0.4, 0.5) is 0 Å². The van der Waals surface area contributed by atoms with Crippen LogP contribution in [0.15, 0.2) is 23.1 Å². The first-order valence-electron chi connectivity index (χ1n) is 7.43. The summed E-state index contributed by atoms with van der Waals surface area (Å²) in [5.74, 6) is 0.598. The number of hydrogen-bond donors (Lipinski definition) is 1. The van der Waals surface area contributed by atoms with Crippen molar-refractivity contribution >= 4 is 15.8 Å². The number of carboxylic acid groups (broad SMARTS) is 1. The summed E-state index contributed by atoms with van der Waals surface area (Å²) < 4.78 is 25.1. The predicted molar refractivity (Wildman–Crippen MR) is 79.1 cm³/mol. The topological polar surface area (TPSA) is 71.4 Å². The highest BCUT2D eigenvalue weighted by Gasteiger charge is 2.41. The van der Waals surface area contributed by atoms with Crippen molar-refractivity contribution in [2.45, 2.75) is 37.5 Å². The van der Waals surface area contributed by atoms with Crippen molar-refractivity contribution in [2.24, 2.45) is 17.8 Å². The van der Waals surface area contributed by atoms with Gasteiger partial charge >= 0.3 is 5.97 Å². The molecule has 21 heavy (non-hydrogen) atoms. The molecule has 1 aromatic carbocycles. The molecule has 0 aliphatic heterocycles. The number of hydrogen-bond acceptors (Lipinski definition) is 3. The fourth-order valence-electron chi connectivity index (χ4n) is 3.98. The van der Waals surface area contributed by atoms with Crippen LogP contribution in [0.1, 0.15) is 41.6 Å². The molecule has 3 atom stereocenters. The van der Waals surface area contributed by atoms with E-state index in [0.29, 0.717) is 17.4 Å². The Morgan fingerprint density at radius 1 is 1.29 bits per heavy atom. The number of aromatic carboxylic acids is 1. The van der Waals surface area contributed by atoms with Crippen LogP contribution in [0, 0.1) is 24.7 Å². The van der Waals surface area contributed by atoms with Gasteiger partial charge in [0.15, 0.2) is 9.84 Å². The van der Waals surface area contributed by atoms with E-state index in [4.69, 9.17) is 5.11 Å². The summed E-state index contributed by atoms with van der Waals surface area (Å²) in [7, 11) is -3.40. The molecule has 0 aromatic heterocycles. The summed E-state index contributed by atoms with van der Waals surface area (Å²) in [6.07, 6.45) is 4.59. The van der Waals surface area contributed by atoms with Gasteiger partial charge < -0.3 is 5.11 Å². The minimum absolute atomic E-state index is 0.0732. The van der Waals surface area contributed by atoms with Crippen molar-refractivity contribution in [3.8, 4) is 0 Å². The van der Waals surface area contributed by atoms with Crippen molar-refractivity contribution in [1.82, 2.24) is 0 Å². The van der Waals surface area contributed by atoms with Gasteiger partial charge in [-0.3, -0.25) is 0 Å². The van der Waals surface area contributed by atoms with Crippen molar-refractivity contribution < 1.29 is 18.3 Å². The van der Waals surface area contributed by atoms with Gasteiger partial charge in [-0.1, -0.05) is 12.5 Å². The lowest BCUT2D eigenvalue weighted by atomic mass is 9.90. The summed E-state index contributed by atoms with van der Waals surface area (Å²) in [5, 5.41) is 9.13. The molecule has 1 N–H and O–H groups in total.